The van der Waals surface area contributed by atoms with Gasteiger partial charge >= 0.3 is 0 Å². The minimum atomic E-state index is -3.69. The maximum Gasteiger partial charge on any atom is 0.165 e. The Morgan fingerprint density at radius 2 is 2.03 bits per heavy atom. The van der Waals surface area contributed by atoms with Gasteiger partial charge in [0.25, 0.3) is 0 Å². The van der Waals surface area contributed by atoms with Crippen molar-refractivity contribution in [1.29, 1.82) is 5.26 Å². The Hall–Kier alpha value is -2.74. The number of thiophene rings is 1. The van der Waals surface area contributed by atoms with Crippen molar-refractivity contribution >= 4 is 60.2 Å². The Morgan fingerprint density at radius 3 is 2.69 bits per heavy atom. The molecule has 166 valence electrons. The molecule has 0 amide bonds. The number of aromatic nitrogens is 1. The number of benzene rings is 1. The molecule has 1 aliphatic heterocycles. The molecule has 0 saturated carbocycles. The van der Waals surface area contributed by atoms with Crippen LogP contribution in [0.15, 0.2) is 35.5 Å². The molecular weight excluding hydrogens is 473 g/mol. The molecule has 3 aromatic rings. The van der Waals surface area contributed by atoms with Crippen molar-refractivity contribution in [3.63, 3.8) is 0 Å². The Morgan fingerprint density at radius 1 is 1.31 bits per heavy atom. The first kappa shape index (κ1) is 22.5. The van der Waals surface area contributed by atoms with Crippen LogP contribution >= 0.6 is 22.9 Å². The SMILES string of the molecule is CC1(c2cc(Nc3c(Cl)sc4cc(C#N)cnc34)ccc2F)CS(=O)(=O)C(C)(C)C(N)=N1. The van der Waals surface area contributed by atoms with Gasteiger partial charge in [-0.05, 0) is 45.0 Å². The quantitative estimate of drug-likeness (QED) is 0.557. The molecule has 3 heterocycles. The van der Waals surface area contributed by atoms with Crippen molar-refractivity contribution in [2.45, 2.75) is 31.1 Å². The van der Waals surface area contributed by atoms with Crippen molar-refractivity contribution in [2.75, 3.05) is 11.1 Å². The molecular formula is C21H19ClFN5O2S2. The molecule has 0 aliphatic carbocycles. The van der Waals surface area contributed by atoms with E-state index < -0.39 is 25.9 Å². The lowest BCUT2D eigenvalue weighted by Gasteiger charge is -2.38. The Labute approximate surface area is 193 Å². The van der Waals surface area contributed by atoms with E-state index in [4.69, 9.17) is 22.6 Å². The lowest BCUT2D eigenvalue weighted by molar-refractivity contribution is 0.476. The molecule has 0 bridgehead atoms. The fraction of sp³-hybridized carbons (Fsp3) is 0.286. The third-order valence-electron chi connectivity index (χ3n) is 5.66. The second kappa shape index (κ2) is 7.40. The summed E-state index contributed by atoms with van der Waals surface area (Å²) >= 11 is 7.65. The van der Waals surface area contributed by atoms with Gasteiger partial charge in [-0.3, -0.25) is 9.98 Å². The predicted molar refractivity (Wildman–Crippen MR) is 126 cm³/mol. The highest BCUT2D eigenvalue weighted by molar-refractivity contribution is 7.93. The number of fused-ring (bicyclic) bond motifs is 1. The number of nitriles is 1. The minimum Gasteiger partial charge on any atom is -0.386 e. The third-order valence-corrected chi connectivity index (χ3v) is 9.70. The highest BCUT2D eigenvalue weighted by Crippen LogP contribution is 2.42. The van der Waals surface area contributed by atoms with Crippen LogP contribution in [0.4, 0.5) is 15.8 Å². The number of nitrogens with zero attached hydrogens (tertiary/aromatic N) is 3. The highest BCUT2D eigenvalue weighted by atomic mass is 35.5. The summed E-state index contributed by atoms with van der Waals surface area (Å²) in [4.78, 5) is 8.71. The molecule has 7 nitrogen and oxygen atoms in total. The Kier molecular flexibility index (Phi) is 5.19. The van der Waals surface area contributed by atoms with Gasteiger partial charge in [0.05, 0.1) is 21.7 Å². The van der Waals surface area contributed by atoms with Crippen LogP contribution in [0.2, 0.25) is 4.34 Å². The molecule has 4 rings (SSSR count). The van der Waals surface area contributed by atoms with Crippen LogP contribution in [0.1, 0.15) is 31.9 Å². The molecule has 1 aromatic carbocycles. The normalized spacial score (nSPS) is 21.7. The van der Waals surface area contributed by atoms with E-state index in [2.05, 4.69) is 15.3 Å². The van der Waals surface area contributed by atoms with Crippen LogP contribution in [-0.4, -0.2) is 29.7 Å². The number of halogens is 2. The zero-order valence-electron chi connectivity index (χ0n) is 17.4. The fourth-order valence-corrected chi connectivity index (χ4v) is 6.51. The molecule has 0 spiro atoms. The summed E-state index contributed by atoms with van der Waals surface area (Å²) in [5.41, 5.74) is 6.67. The molecule has 0 saturated heterocycles. The van der Waals surface area contributed by atoms with Gasteiger partial charge in [-0.2, -0.15) is 5.26 Å². The Bertz CT molecular complexity index is 1440. The van der Waals surface area contributed by atoms with E-state index in [1.54, 1.807) is 13.0 Å². The molecule has 0 radical (unpaired) electrons. The van der Waals surface area contributed by atoms with Gasteiger partial charge in [0.2, 0.25) is 0 Å². The highest BCUT2D eigenvalue weighted by Gasteiger charge is 2.49. The number of hydrogen-bond donors (Lipinski definition) is 2. The van der Waals surface area contributed by atoms with Crippen molar-refractivity contribution < 1.29 is 12.8 Å². The molecule has 0 fully saturated rings. The monoisotopic (exact) mass is 491 g/mol. The number of rotatable bonds is 3. The Balaban J connectivity index is 1.78. The first-order chi connectivity index (χ1) is 14.9. The molecule has 11 heteroatoms. The second-order valence-electron chi connectivity index (χ2n) is 8.29. The van der Waals surface area contributed by atoms with E-state index in [1.807, 2.05) is 6.07 Å². The van der Waals surface area contributed by atoms with Crippen LogP contribution < -0.4 is 11.1 Å². The van der Waals surface area contributed by atoms with Gasteiger partial charge in [-0.1, -0.05) is 11.6 Å². The van der Waals surface area contributed by atoms with Crippen molar-refractivity contribution in [1.82, 2.24) is 4.98 Å². The number of hydrogen-bond acceptors (Lipinski definition) is 8. The van der Waals surface area contributed by atoms with E-state index in [1.165, 1.54) is 49.6 Å². The zero-order chi connectivity index (χ0) is 23.5. The van der Waals surface area contributed by atoms with Crippen LogP contribution in [0.25, 0.3) is 10.2 Å². The van der Waals surface area contributed by atoms with Crippen LogP contribution in [-0.2, 0) is 15.4 Å². The molecule has 1 atom stereocenters. The van der Waals surface area contributed by atoms with Gasteiger partial charge in [-0.15, -0.1) is 11.3 Å². The largest absolute Gasteiger partial charge is 0.386 e. The number of anilines is 2. The third kappa shape index (κ3) is 3.50. The standard InChI is InChI=1S/C21H19ClFN5O2S2/c1-20(2)19(25)28-21(3,10-32(20,29)30)13-7-12(4-5-14(13)23)27-17-16-15(31-18(17)22)6-11(8-24)9-26-16/h4-7,9,27H,10H2,1-3H3,(H2,25,28). The molecule has 1 unspecified atom stereocenters. The molecule has 32 heavy (non-hydrogen) atoms. The van der Waals surface area contributed by atoms with E-state index >= 15 is 0 Å². The average Bonchev–Trinajstić information content (AvgIpc) is 3.01. The van der Waals surface area contributed by atoms with E-state index in [-0.39, 0.29) is 17.2 Å². The first-order valence-electron chi connectivity index (χ1n) is 9.51. The average molecular weight is 492 g/mol. The van der Waals surface area contributed by atoms with Gasteiger partial charge in [0, 0.05) is 17.4 Å². The van der Waals surface area contributed by atoms with Gasteiger partial charge in [0.1, 0.15) is 37.9 Å². The van der Waals surface area contributed by atoms with E-state index in [0.717, 1.165) is 4.70 Å². The van der Waals surface area contributed by atoms with Crippen LogP contribution in [0.3, 0.4) is 0 Å². The van der Waals surface area contributed by atoms with Gasteiger partial charge in [0.15, 0.2) is 9.84 Å². The van der Waals surface area contributed by atoms with E-state index in [0.29, 0.717) is 26.8 Å². The summed E-state index contributed by atoms with van der Waals surface area (Å²) in [5, 5.41) is 12.2. The molecule has 3 N–H and O–H groups in total. The lowest BCUT2D eigenvalue weighted by Crippen LogP contribution is -2.54. The molecule has 2 aromatic heterocycles. The molecule has 1 aliphatic rings. The fourth-order valence-electron chi connectivity index (χ4n) is 3.56. The lowest BCUT2D eigenvalue weighted by atomic mass is 9.92. The maximum atomic E-state index is 14.9. The van der Waals surface area contributed by atoms with Crippen LogP contribution in [0, 0.1) is 17.1 Å². The van der Waals surface area contributed by atoms with Crippen LogP contribution in [0.5, 0.6) is 0 Å². The number of aliphatic imine (C=N–C) groups is 1. The van der Waals surface area contributed by atoms with Gasteiger partial charge in [-0.25, -0.2) is 12.8 Å². The summed E-state index contributed by atoms with van der Waals surface area (Å²) in [6.07, 6.45) is 1.44. The first-order valence-corrected chi connectivity index (χ1v) is 12.4. The maximum absolute atomic E-state index is 14.9. The van der Waals surface area contributed by atoms with Crippen molar-refractivity contribution in [2.24, 2.45) is 10.7 Å². The second-order valence-corrected chi connectivity index (χ2v) is 12.5. The van der Waals surface area contributed by atoms with Crippen molar-refractivity contribution in [3.05, 3.63) is 51.7 Å². The summed E-state index contributed by atoms with van der Waals surface area (Å²) < 4.78 is 40.4. The number of nitrogens with two attached hydrogens (primary N) is 1. The minimum absolute atomic E-state index is 0.0617. The number of pyridine rings is 1. The number of nitrogens with one attached hydrogen (secondary N) is 1. The zero-order valence-corrected chi connectivity index (χ0v) is 19.8. The summed E-state index contributed by atoms with van der Waals surface area (Å²) in [6, 6.07) is 7.98. The summed E-state index contributed by atoms with van der Waals surface area (Å²) in [6.45, 7) is 4.53. The summed E-state index contributed by atoms with van der Waals surface area (Å²) in [7, 11) is -3.69. The number of sulfone groups is 1. The number of amidine groups is 1. The van der Waals surface area contributed by atoms with E-state index in [9.17, 15) is 12.8 Å². The smallest absolute Gasteiger partial charge is 0.165 e. The van der Waals surface area contributed by atoms with Crippen molar-refractivity contribution in [3.8, 4) is 6.07 Å². The summed E-state index contributed by atoms with van der Waals surface area (Å²) in [5.74, 6) is -1.04. The predicted octanol–water partition coefficient (Wildman–Crippen LogP) is 4.48. The topological polar surface area (TPSA) is 121 Å². The van der Waals surface area contributed by atoms with Gasteiger partial charge < -0.3 is 11.1 Å².